The number of hydrogen-bond acceptors (Lipinski definition) is 7. The molecule has 2 aromatic rings. The Balaban J connectivity index is 1.51. The molecule has 12 nitrogen and oxygen atoms in total. The molecule has 2 fully saturated rings. The van der Waals surface area contributed by atoms with Crippen molar-refractivity contribution in [2.75, 3.05) is 11.9 Å². The second-order valence-electron chi connectivity index (χ2n) is 9.80. The van der Waals surface area contributed by atoms with E-state index in [4.69, 9.17) is 0 Å². The maximum Gasteiger partial charge on any atom is 0.269 e. The Hall–Kier alpha value is -4.61. The molecule has 2 saturated heterocycles. The summed E-state index contributed by atoms with van der Waals surface area (Å²) in [5, 5.41) is 18.8. The summed E-state index contributed by atoms with van der Waals surface area (Å²) >= 11 is 0. The van der Waals surface area contributed by atoms with E-state index < -0.39 is 52.0 Å². The molecule has 0 spiro atoms. The van der Waals surface area contributed by atoms with Crippen molar-refractivity contribution in [1.82, 2.24) is 15.5 Å². The van der Waals surface area contributed by atoms with Crippen molar-refractivity contribution >= 4 is 40.8 Å². The normalized spacial score (nSPS) is 21.6. The number of Topliss-reactive ketones (excluding diaryl/α,β-unsaturated/α-hetero) is 1. The number of amides is 4. The summed E-state index contributed by atoms with van der Waals surface area (Å²) in [6, 6.07) is 12.4. The van der Waals surface area contributed by atoms with E-state index in [2.05, 4.69) is 16.0 Å². The lowest BCUT2D eigenvalue weighted by atomic mass is 9.87. The van der Waals surface area contributed by atoms with Gasteiger partial charge in [0.2, 0.25) is 17.7 Å². The summed E-state index contributed by atoms with van der Waals surface area (Å²) in [4.78, 5) is 76.3. The number of nitrogens with one attached hydrogen (secondary N) is 3. The van der Waals surface area contributed by atoms with Crippen LogP contribution in [0.15, 0.2) is 54.6 Å². The first-order valence-corrected chi connectivity index (χ1v) is 12.6. The highest BCUT2D eigenvalue weighted by Gasteiger charge is 2.50. The molecular weight excluding hydrogens is 506 g/mol. The molecule has 0 saturated carbocycles. The lowest BCUT2D eigenvalue weighted by Crippen LogP contribution is -2.66. The van der Waals surface area contributed by atoms with Gasteiger partial charge in [0.05, 0.1) is 4.92 Å². The number of nitro groups is 1. The number of benzene rings is 2. The van der Waals surface area contributed by atoms with Crippen molar-refractivity contribution in [2.45, 2.75) is 56.7 Å². The van der Waals surface area contributed by atoms with Crippen LogP contribution in [0.2, 0.25) is 0 Å². The standard InChI is InChI=1S/C27H29N5O7/c1-27(22(33)13-14-23(34)30-27)26(37)31-15-5-8-21(31)25(36)29-20(16-17-6-3-2-4-7-17)24(35)28-18-9-11-19(12-10-18)32(38)39/h2-4,6-7,9-12,20-21H,5,8,13-16H2,1H3,(H,28,35)(H,29,36)(H,30,34)/t20-,21-,27+/m0/s1. The minimum absolute atomic E-state index is 0.0106. The van der Waals surface area contributed by atoms with Crippen molar-refractivity contribution in [3.05, 3.63) is 70.3 Å². The van der Waals surface area contributed by atoms with Gasteiger partial charge in [0.25, 0.3) is 11.6 Å². The SMILES string of the molecule is C[C@@]1(C(=O)N2CCC[C@H]2C(=O)N[C@@H](Cc2ccccc2)C(=O)Nc2ccc([N+](=O)[O-])cc2)NC(=O)CCC1=O. The highest BCUT2D eigenvalue weighted by atomic mass is 16.6. The summed E-state index contributed by atoms with van der Waals surface area (Å²) in [5.74, 6) is -2.57. The van der Waals surface area contributed by atoms with Gasteiger partial charge in [-0.15, -0.1) is 0 Å². The average molecular weight is 536 g/mol. The predicted octanol–water partition coefficient (Wildman–Crippen LogP) is 1.49. The molecule has 0 bridgehead atoms. The molecule has 0 aliphatic carbocycles. The molecular formula is C27H29N5O7. The lowest BCUT2D eigenvalue weighted by Gasteiger charge is -2.37. The largest absolute Gasteiger partial charge is 0.342 e. The highest BCUT2D eigenvalue weighted by Crippen LogP contribution is 2.26. The van der Waals surface area contributed by atoms with E-state index >= 15 is 0 Å². The molecule has 2 aliphatic rings. The van der Waals surface area contributed by atoms with Crippen molar-refractivity contribution in [3.63, 3.8) is 0 Å². The Labute approximate surface area is 224 Å². The molecule has 39 heavy (non-hydrogen) atoms. The van der Waals surface area contributed by atoms with E-state index in [1.54, 1.807) is 12.1 Å². The molecule has 2 heterocycles. The van der Waals surface area contributed by atoms with Gasteiger partial charge in [-0.2, -0.15) is 0 Å². The molecule has 0 aromatic heterocycles. The van der Waals surface area contributed by atoms with Crippen LogP contribution < -0.4 is 16.0 Å². The van der Waals surface area contributed by atoms with Crippen LogP contribution in [0.4, 0.5) is 11.4 Å². The van der Waals surface area contributed by atoms with E-state index in [1.807, 2.05) is 18.2 Å². The van der Waals surface area contributed by atoms with Crippen LogP contribution in [0, 0.1) is 10.1 Å². The number of rotatable bonds is 8. The molecule has 4 amide bonds. The molecule has 3 atom stereocenters. The van der Waals surface area contributed by atoms with Gasteiger partial charge >= 0.3 is 0 Å². The quantitative estimate of drug-likeness (QED) is 0.261. The smallest absolute Gasteiger partial charge is 0.269 e. The Kier molecular flexibility index (Phi) is 8.03. The fraction of sp³-hybridized carbons (Fsp3) is 0.370. The van der Waals surface area contributed by atoms with Gasteiger partial charge in [-0.3, -0.25) is 34.1 Å². The number of ketones is 1. The predicted molar refractivity (Wildman–Crippen MR) is 139 cm³/mol. The van der Waals surface area contributed by atoms with E-state index in [9.17, 15) is 34.1 Å². The van der Waals surface area contributed by atoms with Gasteiger partial charge < -0.3 is 20.9 Å². The van der Waals surface area contributed by atoms with Crippen molar-refractivity contribution in [1.29, 1.82) is 0 Å². The topological polar surface area (TPSA) is 168 Å². The summed E-state index contributed by atoms with van der Waals surface area (Å²) in [7, 11) is 0. The molecule has 12 heteroatoms. The highest BCUT2D eigenvalue weighted by molar-refractivity contribution is 6.15. The molecule has 204 valence electrons. The molecule has 0 unspecified atom stereocenters. The monoisotopic (exact) mass is 535 g/mol. The van der Waals surface area contributed by atoms with Crippen LogP contribution in [0.25, 0.3) is 0 Å². The van der Waals surface area contributed by atoms with Crippen molar-refractivity contribution < 1.29 is 28.9 Å². The van der Waals surface area contributed by atoms with Crippen LogP contribution in [0.1, 0.15) is 38.2 Å². The van der Waals surface area contributed by atoms with Crippen LogP contribution in [0.5, 0.6) is 0 Å². The van der Waals surface area contributed by atoms with Crippen LogP contribution in [0.3, 0.4) is 0 Å². The first-order chi connectivity index (χ1) is 18.6. The Morgan fingerprint density at radius 2 is 1.79 bits per heavy atom. The van der Waals surface area contributed by atoms with E-state index in [0.29, 0.717) is 18.5 Å². The van der Waals surface area contributed by atoms with Gasteiger partial charge in [-0.25, -0.2) is 0 Å². The number of carbonyl (C=O) groups is 5. The summed E-state index contributed by atoms with van der Waals surface area (Å²) < 4.78 is 0. The van der Waals surface area contributed by atoms with Crippen molar-refractivity contribution in [3.8, 4) is 0 Å². The Morgan fingerprint density at radius 1 is 1.10 bits per heavy atom. The molecule has 0 radical (unpaired) electrons. The zero-order valence-corrected chi connectivity index (χ0v) is 21.3. The Bertz CT molecular complexity index is 1300. The van der Waals surface area contributed by atoms with Crippen LogP contribution in [-0.2, 0) is 30.4 Å². The minimum atomic E-state index is -1.74. The number of nitrogens with zero attached hydrogens (tertiary/aromatic N) is 2. The fourth-order valence-electron chi connectivity index (χ4n) is 4.85. The third-order valence-corrected chi connectivity index (χ3v) is 7.03. The number of hydrogen-bond donors (Lipinski definition) is 3. The third-order valence-electron chi connectivity index (χ3n) is 7.03. The minimum Gasteiger partial charge on any atom is -0.342 e. The summed E-state index contributed by atoms with van der Waals surface area (Å²) in [6.07, 6.45) is 0.952. The van der Waals surface area contributed by atoms with E-state index in [0.717, 1.165) is 5.56 Å². The zero-order chi connectivity index (χ0) is 28.2. The number of non-ortho nitro benzene ring substituents is 1. The van der Waals surface area contributed by atoms with Gasteiger partial charge in [0.1, 0.15) is 12.1 Å². The van der Waals surface area contributed by atoms with Gasteiger partial charge in [-0.05, 0) is 37.5 Å². The zero-order valence-electron chi connectivity index (χ0n) is 21.3. The number of nitro benzene ring substituents is 1. The summed E-state index contributed by atoms with van der Waals surface area (Å²) in [6.45, 7) is 1.59. The first-order valence-electron chi connectivity index (χ1n) is 12.6. The van der Waals surface area contributed by atoms with Gasteiger partial charge in [0.15, 0.2) is 11.3 Å². The summed E-state index contributed by atoms with van der Waals surface area (Å²) in [5.41, 5.74) is -0.775. The Morgan fingerprint density at radius 3 is 2.46 bits per heavy atom. The molecule has 2 aliphatic heterocycles. The second kappa shape index (κ2) is 11.4. The molecule has 2 aromatic carbocycles. The maximum atomic E-state index is 13.4. The number of likely N-dealkylation sites (tertiary alicyclic amines) is 1. The number of piperidine rings is 1. The molecule has 4 rings (SSSR count). The van der Waals surface area contributed by atoms with Crippen LogP contribution >= 0.6 is 0 Å². The number of carbonyl (C=O) groups excluding carboxylic acids is 5. The van der Waals surface area contributed by atoms with Crippen molar-refractivity contribution in [2.24, 2.45) is 0 Å². The van der Waals surface area contributed by atoms with E-state index in [1.165, 1.54) is 36.1 Å². The average Bonchev–Trinajstić information content (AvgIpc) is 3.41. The first kappa shape index (κ1) is 27.4. The van der Waals surface area contributed by atoms with Gasteiger partial charge in [-0.1, -0.05) is 30.3 Å². The van der Waals surface area contributed by atoms with Gasteiger partial charge in [0, 0.05) is 43.6 Å². The second-order valence-corrected chi connectivity index (χ2v) is 9.80. The fourth-order valence-corrected chi connectivity index (χ4v) is 4.85. The maximum absolute atomic E-state index is 13.4. The number of anilines is 1. The lowest BCUT2D eigenvalue weighted by molar-refractivity contribution is -0.384. The third kappa shape index (κ3) is 6.11. The molecule has 3 N–H and O–H groups in total. The van der Waals surface area contributed by atoms with E-state index in [-0.39, 0.29) is 31.5 Å². The van der Waals surface area contributed by atoms with Crippen LogP contribution in [-0.4, -0.2) is 63.4 Å².